The van der Waals surface area contributed by atoms with Gasteiger partial charge in [-0.2, -0.15) is 31.4 Å². The van der Waals surface area contributed by atoms with Crippen molar-refractivity contribution in [1.29, 1.82) is 0 Å². The number of rotatable bonds is 6. The maximum absolute atomic E-state index is 13.7. The molecule has 2 fully saturated rings. The summed E-state index contributed by atoms with van der Waals surface area (Å²) in [6, 6.07) is 0. The summed E-state index contributed by atoms with van der Waals surface area (Å²) in [5.41, 5.74) is -4.08. The van der Waals surface area contributed by atoms with E-state index in [1.165, 1.54) is 4.90 Å². The smallest absolute Gasteiger partial charge is 0.425 e. The number of nitrogens with zero attached hydrogens (tertiary/aromatic N) is 5. The van der Waals surface area contributed by atoms with E-state index in [4.69, 9.17) is 9.47 Å². The predicted octanol–water partition coefficient (Wildman–Crippen LogP) is 2.96. The van der Waals surface area contributed by atoms with Crippen LogP contribution in [0.25, 0.3) is 0 Å². The molecule has 16 heteroatoms. The molecule has 212 valence electrons. The molecule has 3 aliphatic rings. The number of H-pyrrole nitrogens is 1. The van der Waals surface area contributed by atoms with Gasteiger partial charge in [-0.15, -0.1) is 0 Å². The second-order valence-corrected chi connectivity index (χ2v) is 9.73. The molecular formula is C23H24F6N6O4. The molecule has 0 spiro atoms. The number of aromatic nitrogens is 4. The van der Waals surface area contributed by atoms with Gasteiger partial charge in [-0.3, -0.25) is 9.59 Å². The third-order valence-corrected chi connectivity index (χ3v) is 6.90. The fourth-order valence-electron chi connectivity index (χ4n) is 4.68. The van der Waals surface area contributed by atoms with Crippen molar-refractivity contribution >= 4 is 11.9 Å². The Bertz CT molecular complexity index is 1260. The lowest BCUT2D eigenvalue weighted by atomic mass is 9.98. The molecule has 1 aliphatic carbocycles. The van der Waals surface area contributed by atoms with E-state index in [0.29, 0.717) is 24.7 Å². The van der Waals surface area contributed by atoms with Crippen LogP contribution < -0.4 is 15.2 Å². The van der Waals surface area contributed by atoms with Crippen LogP contribution in [-0.4, -0.2) is 69.9 Å². The van der Waals surface area contributed by atoms with Crippen LogP contribution in [0.3, 0.4) is 0 Å². The SMILES string of the molecule is O=C(CO[C@H]1C[C@H](CC2CC2)Oc2c1n[nH]c(=O)c2C(F)(F)F)N1CCN(c2ncc(C(F)(F)F)cn2)CC1. The molecule has 2 aromatic heterocycles. The number of hydrogen-bond acceptors (Lipinski definition) is 8. The first kappa shape index (κ1) is 27.1. The summed E-state index contributed by atoms with van der Waals surface area (Å²) < 4.78 is 90.5. The van der Waals surface area contributed by atoms with Crippen molar-refractivity contribution in [3.05, 3.63) is 39.6 Å². The summed E-state index contributed by atoms with van der Waals surface area (Å²) in [6.07, 6.45) is -7.19. The first-order valence-corrected chi connectivity index (χ1v) is 12.3. The van der Waals surface area contributed by atoms with E-state index < -0.39 is 59.5 Å². The summed E-state index contributed by atoms with van der Waals surface area (Å²) in [7, 11) is 0. The maximum Gasteiger partial charge on any atom is 0.425 e. The molecule has 1 saturated heterocycles. The summed E-state index contributed by atoms with van der Waals surface area (Å²) in [5, 5.41) is 5.61. The highest BCUT2D eigenvalue weighted by molar-refractivity contribution is 5.77. The zero-order chi connectivity index (χ0) is 27.9. The highest BCUT2D eigenvalue weighted by Crippen LogP contribution is 2.45. The molecule has 10 nitrogen and oxygen atoms in total. The molecule has 0 bridgehead atoms. The highest BCUT2D eigenvalue weighted by Gasteiger charge is 2.45. The molecule has 1 N–H and O–H groups in total. The van der Waals surface area contributed by atoms with Crippen LogP contribution in [0.1, 0.15) is 48.6 Å². The fourth-order valence-corrected chi connectivity index (χ4v) is 4.68. The van der Waals surface area contributed by atoms with Crippen LogP contribution >= 0.6 is 0 Å². The average molecular weight is 562 g/mol. The third-order valence-electron chi connectivity index (χ3n) is 6.90. The molecule has 0 radical (unpaired) electrons. The average Bonchev–Trinajstić information content (AvgIpc) is 3.69. The van der Waals surface area contributed by atoms with E-state index in [1.807, 2.05) is 5.10 Å². The zero-order valence-corrected chi connectivity index (χ0v) is 20.4. The van der Waals surface area contributed by atoms with Gasteiger partial charge >= 0.3 is 12.4 Å². The van der Waals surface area contributed by atoms with Gasteiger partial charge in [0.1, 0.15) is 24.5 Å². The summed E-state index contributed by atoms with van der Waals surface area (Å²) in [4.78, 5) is 35.4. The Morgan fingerprint density at radius 3 is 2.31 bits per heavy atom. The molecule has 0 unspecified atom stereocenters. The van der Waals surface area contributed by atoms with Crippen LogP contribution in [0.2, 0.25) is 0 Å². The second kappa shape index (κ2) is 10.3. The van der Waals surface area contributed by atoms with Gasteiger partial charge in [0.25, 0.3) is 5.56 Å². The van der Waals surface area contributed by atoms with Gasteiger partial charge < -0.3 is 19.3 Å². The molecular weight excluding hydrogens is 538 g/mol. The largest absolute Gasteiger partial charge is 0.487 e. The van der Waals surface area contributed by atoms with Crippen molar-refractivity contribution in [2.75, 3.05) is 37.7 Å². The number of hydrogen-bond donors (Lipinski definition) is 1. The van der Waals surface area contributed by atoms with E-state index in [9.17, 15) is 35.9 Å². The number of amides is 1. The van der Waals surface area contributed by atoms with Crippen LogP contribution in [0, 0.1) is 5.92 Å². The third kappa shape index (κ3) is 6.09. The summed E-state index contributed by atoms with van der Waals surface area (Å²) in [6.45, 7) is 0.506. The minimum atomic E-state index is -4.97. The number of alkyl halides is 6. The van der Waals surface area contributed by atoms with Crippen molar-refractivity contribution in [3.63, 3.8) is 0 Å². The first-order chi connectivity index (χ1) is 18.4. The standard InChI is InChI=1S/C23H24F6N6O4/c24-22(25,26)13-9-30-21(31-10-13)35-5-3-34(4-6-35)16(36)11-38-15-8-14(7-12-1-2-12)39-19-17(23(27,28)29)20(37)33-32-18(15)19/h9-10,12,14-15H,1-8,11H2,(H,33,37)/t14-,15-/m0/s1. The van der Waals surface area contributed by atoms with Gasteiger partial charge in [0.2, 0.25) is 11.9 Å². The zero-order valence-electron chi connectivity index (χ0n) is 20.4. The molecule has 2 atom stereocenters. The molecule has 1 amide bonds. The van der Waals surface area contributed by atoms with Crippen molar-refractivity contribution < 1.29 is 40.6 Å². The Morgan fingerprint density at radius 2 is 1.72 bits per heavy atom. The molecule has 2 aromatic rings. The van der Waals surface area contributed by atoms with Crippen LogP contribution in [0.4, 0.5) is 32.3 Å². The van der Waals surface area contributed by atoms with Crippen molar-refractivity contribution in [1.82, 2.24) is 25.1 Å². The quantitative estimate of drug-likeness (QED) is 0.535. The molecule has 0 aromatic carbocycles. The number of piperazine rings is 1. The molecule has 5 rings (SSSR count). The molecule has 4 heterocycles. The predicted molar refractivity (Wildman–Crippen MR) is 121 cm³/mol. The Labute approximate surface area is 217 Å². The topological polar surface area (TPSA) is 114 Å². The maximum atomic E-state index is 13.7. The molecule has 2 aliphatic heterocycles. The molecule has 1 saturated carbocycles. The van der Waals surface area contributed by atoms with Crippen molar-refractivity contribution in [3.8, 4) is 5.75 Å². The Hall–Kier alpha value is -3.43. The number of carbonyl (C=O) groups is 1. The normalized spacial score (nSPS) is 21.9. The number of fused-ring (bicyclic) bond motifs is 1. The van der Waals surface area contributed by atoms with Crippen LogP contribution in [0.5, 0.6) is 5.75 Å². The van der Waals surface area contributed by atoms with Gasteiger partial charge in [-0.25, -0.2) is 15.1 Å². The Kier molecular flexibility index (Phi) is 7.15. The minimum absolute atomic E-state index is 0.104. The van der Waals surface area contributed by atoms with Gasteiger partial charge in [0.05, 0.1) is 5.56 Å². The molecule has 39 heavy (non-hydrogen) atoms. The van der Waals surface area contributed by atoms with E-state index in [1.54, 1.807) is 4.90 Å². The number of aromatic amines is 1. The number of nitrogens with one attached hydrogen (secondary N) is 1. The first-order valence-electron chi connectivity index (χ1n) is 12.3. The van der Waals surface area contributed by atoms with Gasteiger partial charge in [0, 0.05) is 45.0 Å². The second-order valence-electron chi connectivity index (χ2n) is 9.73. The van der Waals surface area contributed by atoms with Gasteiger partial charge in [-0.1, -0.05) is 12.8 Å². The van der Waals surface area contributed by atoms with Crippen molar-refractivity contribution in [2.24, 2.45) is 5.92 Å². The highest BCUT2D eigenvalue weighted by atomic mass is 19.4. The van der Waals surface area contributed by atoms with Gasteiger partial charge in [0.15, 0.2) is 11.3 Å². The van der Waals surface area contributed by atoms with Crippen LogP contribution in [-0.2, 0) is 21.9 Å². The Balaban J connectivity index is 1.22. The number of halogens is 6. The van der Waals surface area contributed by atoms with Crippen LogP contribution in [0.15, 0.2) is 17.2 Å². The summed E-state index contributed by atoms with van der Waals surface area (Å²) >= 11 is 0. The number of carbonyl (C=O) groups excluding carboxylic acids is 1. The lowest BCUT2D eigenvalue weighted by Crippen LogP contribution is -2.50. The summed E-state index contributed by atoms with van der Waals surface area (Å²) in [5.74, 6) is -0.651. The van der Waals surface area contributed by atoms with Crippen molar-refractivity contribution in [2.45, 2.75) is 50.2 Å². The monoisotopic (exact) mass is 562 g/mol. The lowest BCUT2D eigenvalue weighted by molar-refractivity contribution is -0.144. The van der Waals surface area contributed by atoms with E-state index >= 15 is 0 Å². The fraction of sp³-hybridized carbons (Fsp3) is 0.609. The van der Waals surface area contributed by atoms with E-state index in [2.05, 4.69) is 15.1 Å². The Morgan fingerprint density at radius 1 is 1.05 bits per heavy atom. The van der Waals surface area contributed by atoms with Gasteiger partial charge in [-0.05, 0) is 12.3 Å². The minimum Gasteiger partial charge on any atom is -0.487 e. The number of anilines is 1. The van der Waals surface area contributed by atoms with E-state index in [0.717, 1.165) is 12.8 Å². The van der Waals surface area contributed by atoms with E-state index in [-0.39, 0.29) is 44.2 Å². The lowest BCUT2D eigenvalue weighted by Gasteiger charge is -2.35. The number of ether oxygens (including phenoxy) is 2.